The zero-order chi connectivity index (χ0) is 26.5. The summed E-state index contributed by atoms with van der Waals surface area (Å²) in [6.07, 6.45) is 9.39. The number of Topliss-reactive ketones (excluding diaryl/α,β-unsaturated/α-hetero) is 3. The molecule has 1 saturated carbocycles. The van der Waals surface area contributed by atoms with E-state index in [-0.39, 0.29) is 47.1 Å². The van der Waals surface area contributed by atoms with Crippen molar-refractivity contribution in [2.75, 3.05) is 0 Å². The zero-order valence-electron chi connectivity index (χ0n) is 22.2. The van der Waals surface area contributed by atoms with Crippen LogP contribution in [0.15, 0.2) is 41.1 Å². The number of aliphatic hydroxyl groups excluding tert-OH is 1. The molecular weight excluding hydrogens is 440 g/mol. The van der Waals surface area contributed by atoms with Crippen LogP contribution < -0.4 is 0 Å². The molecule has 6 nitrogen and oxygen atoms in total. The Morgan fingerprint density at radius 2 is 1.89 bits per heavy atom. The van der Waals surface area contributed by atoms with Crippen LogP contribution in [0.4, 0.5) is 0 Å². The number of hydrogen-bond donors (Lipinski definition) is 2. The molecule has 5 atom stereocenters. The van der Waals surface area contributed by atoms with Crippen LogP contribution in [-0.4, -0.2) is 40.0 Å². The van der Waals surface area contributed by atoms with E-state index in [4.69, 9.17) is 5.41 Å². The molecule has 2 N–H and O–H groups in total. The Labute approximate surface area is 210 Å². The number of ketones is 3. The number of nitrogens with one attached hydrogen (secondary N) is 1. The van der Waals surface area contributed by atoms with E-state index in [1.54, 1.807) is 0 Å². The number of hydrogen-bond acceptors (Lipinski definition) is 6. The molecule has 0 aromatic carbocycles. The highest BCUT2D eigenvalue weighted by molar-refractivity contribution is 6.42. The van der Waals surface area contributed by atoms with Gasteiger partial charge in [-0.3, -0.25) is 19.4 Å². The first kappa shape index (κ1) is 28.8. The van der Waals surface area contributed by atoms with Gasteiger partial charge in [0.15, 0.2) is 11.6 Å². The van der Waals surface area contributed by atoms with E-state index in [0.717, 1.165) is 12.8 Å². The summed E-state index contributed by atoms with van der Waals surface area (Å²) < 4.78 is 0. The zero-order valence-corrected chi connectivity index (χ0v) is 22.2. The molecule has 0 radical (unpaired) electrons. The summed E-state index contributed by atoms with van der Waals surface area (Å²) in [5.74, 6) is -1.98. The van der Waals surface area contributed by atoms with Gasteiger partial charge in [0.05, 0.1) is 23.4 Å². The van der Waals surface area contributed by atoms with Crippen molar-refractivity contribution in [2.45, 2.75) is 86.2 Å². The minimum absolute atomic E-state index is 0.0892. The molecule has 0 spiro atoms. The van der Waals surface area contributed by atoms with Crippen molar-refractivity contribution in [1.82, 2.24) is 0 Å². The van der Waals surface area contributed by atoms with Crippen molar-refractivity contribution >= 4 is 28.8 Å². The molecule has 0 aromatic rings. The van der Waals surface area contributed by atoms with Gasteiger partial charge in [-0.25, -0.2) is 0 Å². The predicted molar refractivity (Wildman–Crippen MR) is 141 cm³/mol. The SMILES string of the molecule is C=C(/N=C(\C)[C@@H]1C[C@@H](O)CC1CC(=O)[C@@H](C(=N)C(C)=O)C(C)(C)C)C(=O)C(C)CC1=CC=CCC1. The van der Waals surface area contributed by atoms with Gasteiger partial charge >= 0.3 is 0 Å². The first-order valence-corrected chi connectivity index (χ1v) is 12.6. The quantitative estimate of drug-likeness (QED) is 0.301. The highest BCUT2D eigenvalue weighted by Gasteiger charge is 2.41. The summed E-state index contributed by atoms with van der Waals surface area (Å²) in [4.78, 5) is 42.6. The topological polar surface area (TPSA) is 108 Å². The lowest BCUT2D eigenvalue weighted by Gasteiger charge is -2.31. The Hall–Kier alpha value is -2.47. The third-order valence-corrected chi connectivity index (χ3v) is 7.24. The maximum absolute atomic E-state index is 13.3. The Balaban J connectivity index is 2.13. The Bertz CT molecular complexity index is 964. The van der Waals surface area contributed by atoms with Gasteiger partial charge in [0.1, 0.15) is 5.78 Å². The highest BCUT2D eigenvalue weighted by Crippen LogP contribution is 2.39. The van der Waals surface area contributed by atoms with Crippen molar-refractivity contribution in [2.24, 2.45) is 34.1 Å². The molecule has 0 saturated heterocycles. The van der Waals surface area contributed by atoms with Crippen molar-refractivity contribution in [3.8, 4) is 0 Å². The lowest BCUT2D eigenvalue weighted by Crippen LogP contribution is -2.39. The third kappa shape index (κ3) is 7.76. The Morgan fingerprint density at radius 1 is 1.23 bits per heavy atom. The number of aliphatic hydroxyl groups is 1. The summed E-state index contributed by atoms with van der Waals surface area (Å²) in [7, 11) is 0. The van der Waals surface area contributed by atoms with Crippen LogP contribution in [-0.2, 0) is 14.4 Å². The van der Waals surface area contributed by atoms with Crippen LogP contribution in [0.3, 0.4) is 0 Å². The van der Waals surface area contributed by atoms with Crippen LogP contribution in [0.5, 0.6) is 0 Å². The van der Waals surface area contributed by atoms with Crippen molar-refractivity contribution in [1.29, 1.82) is 5.41 Å². The normalized spacial score (nSPS) is 24.5. The maximum atomic E-state index is 13.3. The molecule has 6 heteroatoms. The molecule has 2 aliphatic rings. The van der Waals surface area contributed by atoms with E-state index in [1.165, 1.54) is 12.5 Å². The number of carbonyl (C=O) groups excluding carboxylic acids is 3. The minimum atomic E-state index is -0.794. The summed E-state index contributed by atoms with van der Waals surface area (Å²) in [5, 5.41) is 18.6. The molecule has 0 amide bonds. The number of aliphatic imine (C=N–C) groups is 1. The first-order valence-electron chi connectivity index (χ1n) is 12.6. The van der Waals surface area contributed by atoms with Crippen LogP contribution in [0.1, 0.15) is 80.1 Å². The van der Waals surface area contributed by atoms with Gasteiger partial charge in [0.25, 0.3) is 0 Å². The molecule has 0 aliphatic heterocycles. The molecule has 0 heterocycles. The fourth-order valence-electron chi connectivity index (χ4n) is 5.43. The highest BCUT2D eigenvalue weighted by atomic mass is 16.3. The average Bonchev–Trinajstić information content (AvgIpc) is 3.12. The smallest absolute Gasteiger partial charge is 0.183 e. The fraction of sp³-hybridized carbons (Fsp3) is 0.621. The minimum Gasteiger partial charge on any atom is -0.393 e. The van der Waals surface area contributed by atoms with Crippen LogP contribution >= 0.6 is 0 Å². The Kier molecular flexibility index (Phi) is 9.85. The predicted octanol–water partition coefficient (Wildman–Crippen LogP) is 5.45. The third-order valence-electron chi connectivity index (χ3n) is 7.24. The second-order valence-electron chi connectivity index (χ2n) is 11.4. The second-order valence-corrected chi connectivity index (χ2v) is 11.4. The molecule has 2 rings (SSSR count). The van der Waals surface area contributed by atoms with Crippen LogP contribution in [0, 0.1) is 34.5 Å². The maximum Gasteiger partial charge on any atom is 0.183 e. The van der Waals surface area contributed by atoms with Crippen molar-refractivity contribution in [3.63, 3.8) is 0 Å². The van der Waals surface area contributed by atoms with Gasteiger partial charge in [0, 0.05) is 30.9 Å². The molecular formula is C29H42N2O4. The van der Waals surface area contributed by atoms with Gasteiger partial charge in [0.2, 0.25) is 0 Å². The molecule has 0 bridgehead atoms. The van der Waals surface area contributed by atoms with Gasteiger partial charge in [-0.05, 0) is 50.4 Å². The second kappa shape index (κ2) is 12.0. The fourth-order valence-corrected chi connectivity index (χ4v) is 5.43. The summed E-state index contributed by atoms with van der Waals surface area (Å²) in [5.41, 5.74) is 1.43. The number of allylic oxidation sites excluding steroid dienone is 5. The van der Waals surface area contributed by atoms with Crippen molar-refractivity contribution in [3.05, 3.63) is 36.1 Å². The van der Waals surface area contributed by atoms with E-state index in [1.807, 2.05) is 40.7 Å². The molecule has 192 valence electrons. The number of carbonyl (C=O) groups is 3. The molecule has 35 heavy (non-hydrogen) atoms. The van der Waals surface area contributed by atoms with Gasteiger partial charge < -0.3 is 10.5 Å². The van der Waals surface area contributed by atoms with E-state index in [0.29, 0.717) is 25.0 Å². The summed E-state index contributed by atoms with van der Waals surface area (Å²) >= 11 is 0. The van der Waals surface area contributed by atoms with Crippen molar-refractivity contribution < 1.29 is 19.5 Å². The lowest BCUT2D eigenvalue weighted by molar-refractivity contribution is -0.125. The van der Waals surface area contributed by atoms with Crippen LogP contribution in [0.25, 0.3) is 0 Å². The first-order chi connectivity index (χ1) is 16.2. The van der Waals surface area contributed by atoms with E-state index < -0.39 is 23.2 Å². The van der Waals surface area contributed by atoms with Gasteiger partial charge in [-0.2, -0.15) is 0 Å². The molecule has 0 aromatic heterocycles. The molecule has 2 unspecified atom stereocenters. The average molecular weight is 483 g/mol. The molecule has 2 aliphatic carbocycles. The molecule has 1 fully saturated rings. The van der Waals surface area contributed by atoms with E-state index in [9.17, 15) is 19.5 Å². The van der Waals surface area contributed by atoms with Gasteiger partial charge in [-0.15, -0.1) is 0 Å². The monoisotopic (exact) mass is 482 g/mol. The summed E-state index contributed by atoms with van der Waals surface area (Å²) in [6.45, 7) is 14.5. The van der Waals surface area contributed by atoms with E-state index >= 15 is 0 Å². The standard InChI is InChI=1S/C29H42N2O4/c1-17(13-21-11-9-8-10-12-21)28(35)19(3)31-18(2)24-16-23(33)14-22(24)15-25(34)26(29(5,6)7)27(30)20(4)32/h8-9,11,17,22-24,26,30,33H,3,10,12-16H2,1-2,4-7H3/b30-27?,31-18+/t17?,22?,23-,24-,26-/m0/s1. The number of rotatable bonds is 11. The largest absolute Gasteiger partial charge is 0.393 e. The van der Waals surface area contributed by atoms with E-state index in [2.05, 4.69) is 23.7 Å². The lowest BCUT2D eigenvalue weighted by atomic mass is 9.71. The number of nitrogens with zero attached hydrogens (tertiary/aromatic N) is 1. The van der Waals surface area contributed by atoms with Crippen LogP contribution in [0.2, 0.25) is 0 Å². The summed E-state index contributed by atoms with van der Waals surface area (Å²) in [6, 6.07) is 0. The van der Waals surface area contributed by atoms with Gasteiger partial charge in [-0.1, -0.05) is 58.1 Å². The Morgan fingerprint density at radius 3 is 2.43 bits per heavy atom.